The summed E-state index contributed by atoms with van der Waals surface area (Å²) in [6.07, 6.45) is 9.88. The quantitative estimate of drug-likeness (QED) is 0.548. The number of nitrogens with one attached hydrogen (secondary N) is 1. The molecule has 0 rings (SSSR count). The van der Waals surface area contributed by atoms with E-state index in [4.69, 9.17) is 0 Å². The van der Waals surface area contributed by atoms with Crippen LogP contribution in [-0.2, 0) is 10.0 Å². The fourth-order valence-corrected chi connectivity index (χ4v) is 2.93. The first-order valence-corrected chi connectivity index (χ1v) is 8.75. The van der Waals surface area contributed by atoms with Gasteiger partial charge in [-0.25, -0.2) is 13.1 Å². The Labute approximate surface area is 107 Å². The highest BCUT2D eigenvalue weighted by Gasteiger charge is 2.08. The predicted octanol–water partition coefficient (Wildman–Crippen LogP) is 3.46. The van der Waals surface area contributed by atoms with Crippen LogP contribution in [-0.4, -0.2) is 20.7 Å². The van der Waals surface area contributed by atoms with Crippen molar-refractivity contribution in [1.29, 1.82) is 0 Å². The van der Waals surface area contributed by atoms with Crippen LogP contribution in [0.3, 0.4) is 0 Å². The first kappa shape index (κ1) is 16.9. The van der Waals surface area contributed by atoms with Crippen molar-refractivity contribution in [2.75, 3.05) is 12.3 Å². The van der Waals surface area contributed by atoms with Gasteiger partial charge in [-0.3, -0.25) is 0 Å². The van der Waals surface area contributed by atoms with Crippen molar-refractivity contribution in [3.63, 3.8) is 0 Å². The highest BCUT2D eigenvalue weighted by Crippen LogP contribution is 2.03. The smallest absolute Gasteiger partial charge is 0.211 e. The van der Waals surface area contributed by atoms with Crippen LogP contribution in [0.25, 0.3) is 0 Å². The summed E-state index contributed by atoms with van der Waals surface area (Å²) < 4.78 is 25.8. The molecular formula is C13H29NO2S. The lowest BCUT2D eigenvalue weighted by Gasteiger charge is -2.06. The van der Waals surface area contributed by atoms with Gasteiger partial charge in [-0.2, -0.15) is 0 Å². The molecule has 0 bridgehead atoms. The second-order valence-electron chi connectivity index (χ2n) is 4.69. The van der Waals surface area contributed by atoms with E-state index in [0.717, 1.165) is 38.5 Å². The Kier molecular flexibility index (Phi) is 11.0. The van der Waals surface area contributed by atoms with E-state index in [-0.39, 0.29) is 0 Å². The average molecular weight is 263 g/mol. The summed E-state index contributed by atoms with van der Waals surface area (Å²) in [5, 5.41) is 0. The van der Waals surface area contributed by atoms with Gasteiger partial charge in [-0.05, 0) is 12.8 Å². The van der Waals surface area contributed by atoms with E-state index >= 15 is 0 Å². The zero-order valence-electron chi connectivity index (χ0n) is 11.5. The Bertz CT molecular complexity index is 250. The second kappa shape index (κ2) is 11.0. The molecule has 0 aliphatic heterocycles. The van der Waals surface area contributed by atoms with Gasteiger partial charge in [0.25, 0.3) is 0 Å². The Balaban J connectivity index is 3.44. The first-order chi connectivity index (χ1) is 8.12. The van der Waals surface area contributed by atoms with Gasteiger partial charge in [0.15, 0.2) is 0 Å². The molecule has 0 spiro atoms. The normalized spacial score (nSPS) is 11.9. The SMILES string of the molecule is CCCCCCCNS(=O)(=O)CCCCCC. The van der Waals surface area contributed by atoms with Gasteiger partial charge >= 0.3 is 0 Å². The molecule has 17 heavy (non-hydrogen) atoms. The molecule has 0 heterocycles. The van der Waals surface area contributed by atoms with Crippen LogP contribution in [0.1, 0.15) is 71.6 Å². The van der Waals surface area contributed by atoms with E-state index in [2.05, 4.69) is 18.6 Å². The zero-order chi connectivity index (χ0) is 13.0. The van der Waals surface area contributed by atoms with Gasteiger partial charge in [0.05, 0.1) is 5.75 Å². The predicted molar refractivity (Wildman–Crippen MR) is 74.7 cm³/mol. The monoisotopic (exact) mass is 263 g/mol. The maximum absolute atomic E-state index is 11.6. The van der Waals surface area contributed by atoms with Crippen LogP contribution in [0.4, 0.5) is 0 Å². The molecule has 3 nitrogen and oxygen atoms in total. The number of unbranched alkanes of at least 4 members (excludes halogenated alkanes) is 7. The fourth-order valence-electron chi connectivity index (χ4n) is 1.75. The summed E-state index contributed by atoms with van der Waals surface area (Å²) in [5.41, 5.74) is 0. The number of rotatable bonds is 12. The van der Waals surface area contributed by atoms with E-state index in [1.54, 1.807) is 0 Å². The van der Waals surface area contributed by atoms with Gasteiger partial charge in [0, 0.05) is 6.54 Å². The molecule has 104 valence electrons. The minimum absolute atomic E-state index is 0.294. The lowest BCUT2D eigenvalue weighted by atomic mass is 10.2. The third-order valence-corrected chi connectivity index (χ3v) is 4.34. The van der Waals surface area contributed by atoms with Gasteiger partial charge in [-0.1, -0.05) is 58.8 Å². The number of hydrogen-bond acceptors (Lipinski definition) is 2. The average Bonchev–Trinajstić information content (AvgIpc) is 2.29. The highest BCUT2D eigenvalue weighted by atomic mass is 32.2. The minimum Gasteiger partial charge on any atom is -0.215 e. The van der Waals surface area contributed by atoms with Gasteiger partial charge in [0.1, 0.15) is 0 Å². The maximum atomic E-state index is 11.6. The van der Waals surface area contributed by atoms with Crippen LogP contribution >= 0.6 is 0 Å². The lowest BCUT2D eigenvalue weighted by Crippen LogP contribution is -2.27. The van der Waals surface area contributed by atoms with Crippen molar-refractivity contribution in [1.82, 2.24) is 4.72 Å². The molecule has 4 heteroatoms. The molecule has 1 N–H and O–H groups in total. The Morgan fingerprint density at radius 2 is 1.29 bits per heavy atom. The van der Waals surface area contributed by atoms with E-state index < -0.39 is 10.0 Å². The standard InChI is InChI=1S/C13H29NO2S/c1-3-5-7-9-10-12-14-17(15,16)13-11-8-6-4-2/h14H,3-13H2,1-2H3. The lowest BCUT2D eigenvalue weighted by molar-refractivity contribution is 0.565. The van der Waals surface area contributed by atoms with E-state index in [1.165, 1.54) is 19.3 Å². The third-order valence-electron chi connectivity index (χ3n) is 2.87. The molecule has 0 unspecified atom stereocenters. The van der Waals surface area contributed by atoms with Gasteiger partial charge in [0.2, 0.25) is 10.0 Å². The van der Waals surface area contributed by atoms with E-state index in [1.807, 2.05) is 0 Å². The Morgan fingerprint density at radius 3 is 1.88 bits per heavy atom. The van der Waals surface area contributed by atoms with Crippen molar-refractivity contribution in [2.24, 2.45) is 0 Å². The van der Waals surface area contributed by atoms with Crippen LogP contribution in [0.15, 0.2) is 0 Å². The van der Waals surface area contributed by atoms with Crippen LogP contribution in [0, 0.1) is 0 Å². The molecular weight excluding hydrogens is 234 g/mol. The molecule has 0 amide bonds. The van der Waals surface area contributed by atoms with E-state index in [9.17, 15) is 8.42 Å². The summed E-state index contributed by atoms with van der Waals surface area (Å²) in [5.74, 6) is 0.294. The van der Waals surface area contributed by atoms with Crippen LogP contribution < -0.4 is 4.72 Å². The summed E-state index contributed by atoms with van der Waals surface area (Å²) in [7, 11) is -3.00. The fraction of sp³-hybridized carbons (Fsp3) is 1.00. The molecule has 0 aromatic heterocycles. The maximum Gasteiger partial charge on any atom is 0.211 e. The van der Waals surface area contributed by atoms with Gasteiger partial charge in [-0.15, -0.1) is 0 Å². The second-order valence-corrected chi connectivity index (χ2v) is 6.61. The Hall–Kier alpha value is -0.0900. The van der Waals surface area contributed by atoms with Crippen LogP contribution in [0.2, 0.25) is 0 Å². The highest BCUT2D eigenvalue weighted by molar-refractivity contribution is 7.89. The molecule has 0 aliphatic carbocycles. The molecule has 0 radical (unpaired) electrons. The molecule has 0 aromatic carbocycles. The largest absolute Gasteiger partial charge is 0.215 e. The molecule has 0 fully saturated rings. The number of hydrogen-bond donors (Lipinski definition) is 1. The molecule has 0 atom stereocenters. The van der Waals surface area contributed by atoms with E-state index in [0.29, 0.717) is 12.3 Å². The molecule has 0 saturated carbocycles. The topological polar surface area (TPSA) is 46.2 Å². The molecule has 0 aromatic rings. The zero-order valence-corrected chi connectivity index (χ0v) is 12.3. The summed E-state index contributed by atoms with van der Waals surface area (Å²) in [6.45, 7) is 4.92. The van der Waals surface area contributed by atoms with Crippen molar-refractivity contribution in [2.45, 2.75) is 71.6 Å². The number of sulfonamides is 1. The van der Waals surface area contributed by atoms with Gasteiger partial charge < -0.3 is 0 Å². The van der Waals surface area contributed by atoms with Crippen LogP contribution in [0.5, 0.6) is 0 Å². The molecule has 0 aliphatic rings. The minimum atomic E-state index is -3.00. The van der Waals surface area contributed by atoms with Crippen molar-refractivity contribution in [3.8, 4) is 0 Å². The van der Waals surface area contributed by atoms with Crippen molar-refractivity contribution in [3.05, 3.63) is 0 Å². The van der Waals surface area contributed by atoms with Crippen molar-refractivity contribution < 1.29 is 8.42 Å². The third kappa shape index (κ3) is 12.2. The molecule has 0 saturated heterocycles. The summed E-state index contributed by atoms with van der Waals surface area (Å²) in [4.78, 5) is 0. The summed E-state index contributed by atoms with van der Waals surface area (Å²) in [6, 6.07) is 0. The summed E-state index contributed by atoms with van der Waals surface area (Å²) >= 11 is 0. The first-order valence-electron chi connectivity index (χ1n) is 7.09. The Morgan fingerprint density at radius 1 is 0.765 bits per heavy atom. The van der Waals surface area contributed by atoms with Crippen molar-refractivity contribution >= 4 is 10.0 Å².